The molecule has 148 valence electrons. The maximum Gasteiger partial charge on any atom is 0.240 e. The molecule has 2 rings (SSSR count). The summed E-state index contributed by atoms with van der Waals surface area (Å²) in [5.74, 6) is 0.560. The zero-order chi connectivity index (χ0) is 19.7. The third kappa shape index (κ3) is 7.15. The highest BCUT2D eigenvalue weighted by Gasteiger charge is 2.35. The Kier molecular flexibility index (Phi) is 9.78. The predicted octanol–water partition coefficient (Wildman–Crippen LogP) is 5.53. The molecule has 0 aliphatic rings. The maximum atomic E-state index is 7.10. The fourth-order valence-corrected chi connectivity index (χ4v) is 7.38. The van der Waals surface area contributed by atoms with Gasteiger partial charge in [0.15, 0.2) is 0 Å². The molecule has 2 atom stereocenters. The van der Waals surface area contributed by atoms with Crippen molar-refractivity contribution in [3.8, 4) is 0 Å². The lowest BCUT2D eigenvalue weighted by atomic mass is 9.78. The summed E-state index contributed by atoms with van der Waals surface area (Å²) in [7, 11) is -1.75. The first-order valence-electron chi connectivity index (χ1n) is 9.84. The van der Waals surface area contributed by atoms with E-state index in [4.69, 9.17) is 4.43 Å². The Bertz CT molecular complexity index is 603. The number of rotatable bonds is 10. The predicted molar refractivity (Wildman–Crippen MR) is 129 cm³/mol. The first kappa shape index (κ1) is 22.9. The number of alkyl halides is 2. The molecule has 0 saturated carbocycles. The Morgan fingerprint density at radius 2 is 1.33 bits per heavy atom. The first-order chi connectivity index (χ1) is 13.0. The van der Waals surface area contributed by atoms with Crippen molar-refractivity contribution in [1.29, 1.82) is 0 Å². The second kappa shape index (κ2) is 11.5. The van der Waals surface area contributed by atoms with Gasteiger partial charge >= 0.3 is 0 Å². The molecule has 0 aliphatic carbocycles. The van der Waals surface area contributed by atoms with Gasteiger partial charge in [-0.1, -0.05) is 113 Å². The molecule has 2 aromatic rings. The quantitative estimate of drug-likeness (QED) is 0.301. The molecule has 27 heavy (non-hydrogen) atoms. The third-order valence-corrected chi connectivity index (χ3v) is 8.52. The van der Waals surface area contributed by atoms with Crippen LogP contribution in [0, 0.1) is 11.3 Å². The van der Waals surface area contributed by atoms with E-state index in [1.165, 1.54) is 23.2 Å². The molecular weight excluding hydrogens is 480 g/mol. The van der Waals surface area contributed by atoms with Crippen LogP contribution in [0.4, 0.5) is 0 Å². The van der Waals surface area contributed by atoms with Crippen LogP contribution < -0.4 is 10.4 Å². The van der Waals surface area contributed by atoms with Crippen molar-refractivity contribution in [3.63, 3.8) is 0 Å². The number of hydrogen-bond donors (Lipinski definition) is 0. The molecule has 1 unspecified atom stereocenters. The second-order valence-electron chi connectivity index (χ2n) is 8.19. The lowest BCUT2D eigenvalue weighted by molar-refractivity contribution is 0.0304. The van der Waals surface area contributed by atoms with Crippen LogP contribution in [-0.4, -0.2) is 25.8 Å². The summed E-state index contributed by atoms with van der Waals surface area (Å²) in [5, 5.41) is 4.80. The molecule has 2 aromatic carbocycles. The van der Waals surface area contributed by atoms with E-state index in [9.17, 15) is 0 Å². The normalized spacial score (nSPS) is 14.3. The lowest BCUT2D eigenvalue weighted by Gasteiger charge is -2.40. The average molecular weight is 512 g/mol. The van der Waals surface area contributed by atoms with Gasteiger partial charge in [0.25, 0.3) is 0 Å². The molecule has 0 saturated heterocycles. The van der Waals surface area contributed by atoms with Crippen molar-refractivity contribution in [2.75, 3.05) is 10.7 Å². The van der Waals surface area contributed by atoms with Crippen LogP contribution in [0.15, 0.2) is 60.7 Å². The Morgan fingerprint density at radius 1 is 0.815 bits per heavy atom. The molecule has 0 fully saturated rings. The van der Waals surface area contributed by atoms with Crippen molar-refractivity contribution in [1.82, 2.24) is 0 Å². The van der Waals surface area contributed by atoms with Gasteiger partial charge in [0.05, 0.1) is 6.10 Å². The number of benzene rings is 2. The number of hydrogen-bond acceptors (Lipinski definition) is 1. The molecule has 0 bridgehead atoms. The number of halogens is 2. The minimum absolute atomic E-state index is 0.105. The third-order valence-electron chi connectivity index (χ3n) is 4.96. The zero-order valence-corrected chi connectivity index (χ0v) is 21.0. The summed E-state index contributed by atoms with van der Waals surface area (Å²) in [6.07, 6.45) is 3.78. The van der Waals surface area contributed by atoms with Crippen LogP contribution in [0.5, 0.6) is 0 Å². The molecule has 0 amide bonds. The van der Waals surface area contributed by atoms with E-state index in [2.05, 4.69) is 113 Å². The average Bonchev–Trinajstić information content (AvgIpc) is 2.67. The molecule has 0 aliphatic heterocycles. The van der Waals surface area contributed by atoms with E-state index in [-0.39, 0.29) is 11.5 Å². The summed E-state index contributed by atoms with van der Waals surface area (Å²) in [6, 6.07) is 21.7. The van der Waals surface area contributed by atoms with E-state index in [1.807, 2.05) is 0 Å². The van der Waals surface area contributed by atoms with Gasteiger partial charge < -0.3 is 4.43 Å². The van der Waals surface area contributed by atoms with Crippen molar-refractivity contribution in [3.05, 3.63) is 60.7 Å². The van der Waals surface area contributed by atoms with Crippen molar-refractivity contribution in [2.45, 2.75) is 46.1 Å². The molecule has 0 radical (unpaired) electrons. The second-order valence-corrected chi connectivity index (χ2v) is 12.1. The van der Waals surface area contributed by atoms with Gasteiger partial charge in [0.1, 0.15) is 0 Å². The Labute approximate surface area is 183 Å². The van der Waals surface area contributed by atoms with Crippen molar-refractivity contribution < 1.29 is 4.43 Å². The molecule has 0 heterocycles. The molecule has 4 heteroatoms. The van der Waals surface area contributed by atoms with Gasteiger partial charge in [-0.25, -0.2) is 0 Å². The monoisotopic (exact) mass is 510 g/mol. The maximum absolute atomic E-state index is 7.10. The van der Waals surface area contributed by atoms with E-state index in [0.717, 1.165) is 17.1 Å². The van der Waals surface area contributed by atoms with Gasteiger partial charge in [-0.2, -0.15) is 0 Å². The van der Waals surface area contributed by atoms with Crippen LogP contribution in [0.25, 0.3) is 0 Å². The van der Waals surface area contributed by atoms with Gasteiger partial charge in [0, 0.05) is 10.7 Å². The van der Waals surface area contributed by atoms with Crippen LogP contribution >= 0.6 is 31.9 Å². The first-order valence-corrected chi connectivity index (χ1v) is 13.7. The van der Waals surface area contributed by atoms with Crippen molar-refractivity contribution in [2.24, 2.45) is 11.3 Å². The van der Waals surface area contributed by atoms with Gasteiger partial charge in [-0.3, -0.25) is 0 Å². The highest BCUT2D eigenvalue weighted by atomic mass is 79.9. The molecular formula is C23H32Br2OSi. The summed E-state index contributed by atoms with van der Waals surface area (Å²) in [4.78, 5) is 0. The highest BCUT2D eigenvalue weighted by molar-refractivity contribution is 9.09. The summed E-state index contributed by atoms with van der Waals surface area (Å²) < 4.78 is 7.10. The minimum Gasteiger partial charge on any atom is -0.407 e. The van der Waals surface area contributed by atoms with Gasteiger partial charge in [-0.15, -0.1) is 0 Å². The lowest BCUT2D eigenvalue weighted by Crippen LogP contribution is -2.51. The largest absolute Gasteiger partial charge is 0.407 e. The van der Waals surface area contributed by atoms with Crippen LogP contribution in [0.1, 0.15) is 40.0 Å². The standard InChI is InChI=1S/C23H32Br2OSi/c1-23(2,3)22(19(16-18-25)11-10-17-24)26-27(20-12-6-4-7-13-20)21-14-8-5-9-15-21/h4-9,12-15,19,22,27H,10-11,16-18H2,1-3H3/t19-,22?/m0/s1. The summed E-state index contributed by atoms with van der Waals surface area (Å²) >= 11 is 7.29. The molecule has 0 aromatic heterocycles. The SMILES string of the molecule is CC(C)(C)C(O[SiH](c1ccccc1)c1ccccc1)[C@H](CCBr)CCCBr. The Morgan fingerprint density at radius 3 is 1.74 bits per heavy atom. The van der Waals surface area contributed by atoms with Gasteiger partial charge in [-0.05, 0) is 41.0 Å². The molecule has 0 N–H and O–H groups in total. The molecule has 1 nitrogen and oxygen atoms in total. The van der Waals surface area contributed by atoms with E-state index >= 15 is 0 Å². The topological polar surface area (TPSA) is 9.23 Å². The van der Waals surface area contributed by atoms with Crippen molar-refractivity contribution >= 4 is 51.3 Å². The van der Waals surface area contributed by atoms with Crippen LogP contribution in [0.2, 0.25) is 0 Å². The minimum atomic E-state index is -1.75. The van der Waals surface area contributed by atoms with Crippen LogP contribution in [0.3, 0.4) is 0 Å². The Balaban J connectivity index is 2.37. The fourth-order valence-electron chi connectivity index (χ4n) is 3.70. The van der Waals surface area contributed by atoms with Crippen LogP contribution in [-0.2, 0) is 4.43 Å². The summed E-state index contributed by atoms with van der Waals surface area (Å²) in [6.45, 7) is 6.98. The molecule has 0 spiro atoms. The smallest absolute Gasteiger partial charge is 0.240 e. The highest BCUT2D eigenvalue weighted by Crippen LogP contribution is 2.34. The van der Waals surface area contributed by atoms with E-state index in [0.29, 0.717) is 5.92 Å². The zero-order valence-electron chi connectivity index (χ0n) is 16.7. The van der Waals surface area contributed by atoms with E-state index in [1.54, 1.807) is 0 Å². The Hall–Kier alpha value is -0.423. The van der Waals surface area contributed by atoms with Gasteiger partial charge in [0.2, 0.25) is 9.04 Å². The van der Waals surface area contributed by atoms with E-state index < -0.39 is 9.04 Å². The summed E-state index contributed by atoms with van der Waals surface area (Å²) in [5.41, 5.74) is 0.105. The fraction of sp³-hybridized carbons (Fsp3) is 0.478.